The van der Waals surface area contributed by atoms with Crippen molar-refractivity contribution in [3.63, 3.8) is 0 Å². The third-order valence-electron chi connectivity index (χ3n) is 1.75. The first kappa shape index (κ1) is 11.0. The number of rotatable bonds is 1. The number of aromatic hydroxyl groups is 1. The summed E-state index contributed by atoms with van der Waals surface area (Å²) in [4.78, 5) is 10.8. The second kappa shape index (κ2) is 4.16. The summed E-state index contributed by atoms with van der Waals surface area (Å²) in [5.74, 6) is -0.144. The molecule has 0 saturated carbocycles. The zero-order valence-corrected chi connectivity index (χ0v) is 7.89. The van der Waals surface area contributed by atoms with Crippen LogP contribution in [0.1, 0.15) is 12.6 Å². The third kappa shape index (κ3) is 1.80. The van der Waals surface area contributed by atoms with Gasteiger partial charge in [0.25, 0.3) is 0 Å². The lowest BCUT2D eigenvalue weighted by molar-refractivity contribution is 0.454. The molecule has 0 aliphatic carbocycles. The molecule has 1 rings (SSSR count). The maximum atomic E-state index is 10.8. The number of aromatic nitrogens is 1. The molecule has 1 aromatic rings. The number of nitrogens with zero attached hydrogens (tertiary/aromatic N) is 1. The fourth-order valence-electron chi connectivity index (χ4n) is 1.01. The van der Waals surface area contributed by atoms with E-state index in [1.165, 1.54) is 6.07 Å². The quantitative estimate of drug-likeness (QED) is 0.724. The lowest BCUT2D eigenvalue weighted by Gasteiger charge is -2.07. The topological polar surface area (TPSA) is 42.2 Å². The summed E-state index contributed by atoms with van der Waals surface area (Å²) in [6.45, 7) is 4.44. The van der Waals surface area contributed by atoms with Gasteiger partial charge in [-0.05, 0) is 13.8 Å². The van der Waals surface area contributed by atoms with Crippen molar-refractivity contribution in [3.05, 3.63) is 28.2 Å². The Kier molecular flexibility index (Phi) is 3.83. The minimum Gasteiger partial charge on any atom is -0.503 e. The minimum atomic E-state index is -0.313. The van der Waals surface area contributed by atoms with Crippen molar-refractivity contribution in [1.29, 1.82) is 0 Å². The SMILES string of the molecule is CCn1ccc(=O)c(O)c1C.Cl. The number of halogens is 1. The Balaban J connectivity index is 0.00000121. The van der Waals surface area contributed by atoms with Crippen molar-refractivity contribution >= 4 is 12.4 Å². The molecule has 1 heterocycles. The molecule has 12 heavy (non-hydrogen) atoms. The molecule has 68 valence electrons. The molecule has 0 fully saturated rings. The smallest absolute Gasteiger partial charge is 0.223 e. The highest BCUT2D eigenvalue weighted by molar-refractivity contribution is 5.85. The molecule has 0 bridgehead atoms. The van der Waals surface area contributed by atoms with E-state index >= 15 is 0 Å². The molecule has 0 unspecified atom stereocenters. The predicted molar refractivity (Wildman–Crippen MR) is 50.0 cm³/mol. The molecule has 0 aromatic carbocycles. The first-order chi connectivity index (χ1) is 5.16. The molecule has 1 aromatic heterocycles. The number of pyridine rings is 1. The average Bonchev–Trinajstić information content (AvgIpc) is 2.01. The predicted octanol–water partition coefficient (Wildman–Crippen LogP) is 1.30. The Labute approximate surface area is 77.1 Å². The number of hydrogen-bond donors (Lipinski definition) is 1. The summed E-state index contributed by atoms with van der Waals surface area (Å²) in [6.07, 6.45) is 1.68. The zero-order valence-electron chi connectivity index (χ0n) is 7.07. The standard InChI is InChI=1S/C8H11NO2.ClH/c1-3-9-5-4-7(10)8(11)6(9)2;/h4-5,11H,3H2,1-2H3;1H. The van der Waals surface area contributed by atoms with Crippen LogP contribution in [0.4, 0.5) is 0 Å². The number of aryl methyl sites for hydroxylation is 1. The molecule has 0 aliphatic heterocycles. The second-order valence-corrected chi connectivity index (χ2v) is 2.40. The van der Waals surface area contributed by atoms with Gasteiger partial charge < -0.3 is 9.67 Å². The van der Waals surface area contributed by atoms with E-state index in [0.717, 1.165) is 6.54 Å². The summed E-state index contributed by atoms with van der Waals surface area (Å²) in [7, 11) is 0. The highest BCUT2D eigenvalue weighted by atomic mass is 35.5. The Morgan fingerprint density at radius 3 is 2.67 bits per heavy atom. The van der Waals surface area contributed by atoms with Crippen LogP contribution < -0.4 is 5.43 Å². The van der Waals surface area contributed by atoms with Gasteiger partial charge in [0.2, 0.25) is 5.43 Å². The minimum absolute atomic E-state index is 0. The van der Waals surface area contributed by atoms with Crippen LogP contribution in [-0.4, -0.2) is 9.67 Å². The maximum Gasteiger partial charge on any atom is 0.223 e. The van der Waals surface area contributed by atoms with Gasteiger partial charge >= 0.3 is 0 Å². The molecular weight excluding hydrogens is 178 g/mol. The van der Waals surface area contributed by atoms with Gasteiger partial charge in [-0.15, -0.1) is 12.4 Å². The van der Waals surface area contributed by atoms with Crippen LogP contribution in [-0.2, 0) is 6.54 Å². The van der Waals surface area contributed by atoms with Crippen LogP contribution in [0.2, 0.25) is 0 Å². The second-order valence-electron chi connectivity index (χ2n) is 2.40. The van der Waals surface area contributed by atoms with Crippen LogP contribution in [0.25, 0.3) is 0 Å². The first-order valence-electron chi connectivity index (χ1n) is 3.55. The molecule has 0 spiro atoms. The van der Waals surface area contributed by atoms with Gasteiger partial charge in [-0.1, -0.05) is 0 Å². The Hall–Kier alpha value is -0.960. The molecule has 0 amide bonds. The Bertz CT molecular complexity index is 319. The molecule has 0 atom stereocenters. The van der Waals surface area contributed by atoms with E-state index in [4.69, 9.17) is 0 Å². The maximum absolute atomic E-state index is 10.8. The summed E-state index contributed by atoms with van der Waals surface area (Å²) in [6, 6.07) is 1.37. The van der Waals surface area contributed by atoms with E-state index in [1.54, 1.807) is 13.1 Å². The fraction of sp³-hybridized carbons (Fsp3) is 0.375. The van der Waals surface area contributed by atoms with Crippen molar-refractivity contribution in [2.24, 2.45) is 0 Å². The highest BCUT2D eigenvalue weighted by Gasteiger charge is 2.02. The molecule has 0 radical (unpaired) electrons. The van der Waals surface area contributed by atoms with E-state index in [9.17, 15) is 9.90 Å². The van der Waals surface area contributed by atoms with E-state index in [1.807, 2.05) is 11.5 Å². The molecule has 3 nitrogen and oxygen atoms in total. The van der Waals surface area contributed by atoms with Crippen LogP contribution in [0.15, 0.2) is 17.1 Å². The van der Waals surface area contributed by atoms with Crippen molar-refractivity contribution in [1.82, 2.24) is 4.57 Å². The Morgan fingerprint density at radius 2 is 2.17 bits per heavy atom. The summed E-state index contributed by atoms with van der Waals surface area (Å²) in [5, 5.41) is 9.18. The van der Waals surface area contributed by atoms with Gasteiger partial charge in [0.05, 0.1) is 5.69 Å². The van der Waals surface area contributed by atoms with Crippen LogP contribution in [0.5, 0.6) is 5.75 Å². The monoisotopic (exact) mass is 189 g/mol. The fourth-order valence-corrected chi connectivity index (χ4v) is 1.01. The zero-order chi connectivity index (χ0) is 8.43. The first-order valence-corrected chi connectivity index (χ1v) is 3.55. The van der Waals surface area contributed by atoms with E-state index in [2.05, 4.69) is 0 Å². The normalized spacial score (nSPS) is 9.17. The highest BCUT2D eigenvalue weighted by Crippen LogP contribution is 2.07. The van der Waals surface area contributed by atoms with E-state index in [-0.39, 0.29) is 23.6 Å². The van der Waals surface area contributed by atoms with Crippen molar-refractivity contribution in [2.45, 2.75) is 20.4 Å². The van der Waals surface area contributed by atoms with Crippen LogP contribution in [0, 0.1) is 6.92 Å². The van der Waals surface area contributed by atoms with Crippen LogP contribution in [0.3, 0.4) is 0 Å². The lowest BCUT2D eigenvalue weighted by atomic mass is 10.3. The van der Waals surface area contributed by atoms with Gasteiger partial charge in [0, 0.05) is 18.8 Å². The number of hydrogen-bond acceptors (Lipinski definition) is 2. The summed E-state index contributed by atoms with van der Waals surface area (Å²) < 4.78 is 1.82. The van der Waals surface area contributed by atoms with Gasteiger partial charge in [-0.3, -0.25) is 4.79 Å². The summed E-state index contributed by atoms with van der Waals surface area (Å²) >= 11 is 0. The van der Waals surface area contributed by atoms with Crippen molar-refractivity contribution in [2.75, 3.05) is 0 Å². The van der Waals surface area contributed by atoms with Crippen LogP contribution >= 0.6 is 12.4 Å². The molecule has 4 heteroatoms. The third-order valence-corrected chi connectivity index (χ3v) is 1.75. The van der Waals surface area contributed by atoms with E-state index < -0.39 is 0 Å². The summed E-state index contributed by atoms with van der Waals surface area (Å²) in [5.41, 5.74) is 0.312. The van der Waals surface area contributed by atoms with Gasteiger partial charge in [0.15, 0.2) is 5.75 Å². The molecular formula is C8H12ClNO2. The van der Waals surface area contributed by atoms with Gasteiger partial charge in [0.1, 0.15) is 0 Å². The average molecular weight is 190 g/mol. The molecule has 0 saturated heterocycles. The van der Waals surface area contributed by atoms with Crippen molar-refractivity contribution in [3.8, 4) is 5.75 Å². The Morgan fingerprint density at radius 1 is 1.58 bits per heavy atom. The lowest BCUT2D eigenvalue weighted by Crippen LogP contribution is -2.08. The van der Waals surface area contributed by atoms with Gasteiger partial charge in [-0.25, -0.2) is 0 Å². The van der Waals surface area contributed by atoms with Gasteiger partial charge in [-0.2, -0.15) is 0 Å². The van der Waals surface area contributed by atoms with E-state index in [0.29, 0.717) is 5.69 Å². The van der Waals surface area contributed by atoms with Crippen molar-refractivity contribution < 1.29 is 5.11 Å². The largest absolute Gasteiger partial charge is 0.503 e. The molecule has 0 aliphatic rings. The molecule has 1 N–H and O–H groups in total.